The first kappa shape index (κ1) is 21.3. The number of hydrogen-bond acceptors (Lipinski definition) is 4. The van der Waals surface area contributed by atoms with Crippen molar-refractivity contribution in [2.45, 2.75) is 44.9 Å². The van der Waals surface area contributed by atoms with Gasteiger partial charge < -0.3 is 15.0 Å². The Hall–Kier alpha value is -3.37. The van der Waals surface area contributed by atoms with E-state index in [0.29, 0.717) is 19.5 Å². The Bertz CT molecular complexity index is 1040. The number of carboxylic acid groups (broad SMARTS) is 1. The average molecular weight is 423 g/mol. The Kier molecular flexibility index (Phi) is 6.38. The Balaban J connectivity index is 0.000000318. The molecule has 0 saturated heterocycles. The molecule has 8 nitrogen and oxygen atoms in total. The number of nitrogens with one attached hydrogen (secondary N) is 2. The summed E-state index contributed by atoms with van der Waals surface area (Å²) in [5, 5.41) is 17.5. The van der Waals surface area contributed by atoms with Gasteiger partial charge in [0.1, 0.15) is 0 Å². The van der Waals surface area contributed by atoms with E-state index < -0.39 is 12.1 Å². The molecule has 1 aromatic carbocycles. The molecule has 3 N–H and O–H groups in total. The minimum Gasteiger partial charge on any atom is -0.475 e. The highest BCUT2D eigenvalue weighted by molar-refractivity contribution is 5.77. The highest BCUT2D eigenvalue weighted by atomic mass is 19.4. The van der Waals surface area contributed by atoms with Crippen LogP contribution in [0, 0.1) is 0 Å². The number of amides is 1. The van der Waals surface area contributed by atoms with Crippen LogP contribution in [0.4, 0.5) is 13.2 Å². The average Bonchev–Trinajstić information content (AvgIpc) is 3.40. The number of aromatic nitrogens is 4. The Morgan fingerprint density at radius 1 is 1.23 bits per heavy atom. The predicted octanol–water partition coefficient (Wildman–Crippen LogP) is 2.59. The molecule has 0 unspecified atom stereocenters. The topological polar surface area (TPSA) is 113 Å². The normalized spacial score (nSPS) is 12.9. The molecule has 0 spiro atoms. The molecule has 0 fully saturated rings. The third-order valence-corrected chi connectivity index (χ3v) is 4.69. The summed E-state index contributed by atoms with van der Waals surface area (Å²) in [4.78, 5) is 25.3. The largest absolute Gasteiger partial charge is 0.490 e. The van der Waals surface area contributed by atoms with Gasteiger partial charge in [-0.3, -0.25) is 9.89 Å². The van der Waals surface area contributed by atoms with Crippen LogP contribution >= 0.6 is 0 Å². The number of carboxylic acids is 1. The van der Waals surface area contributed by atoms with Crippen LogP contribution in [0.5, 0.6) is 0 Å². The van der Waals surface area contributed by atoms with Gasteiger partial charge in [0.25, 0.3) is 0 Å². The third-order valence-electron chi connectivity index (χ3n) is 4.69. The third kappa shape index (κ3) is 5.16. The fourth-order valence-electron chi connectivity index (χ4n) is 3.22. The molecule has 3 aromatic rings. The second-order valence-electron chi connectivity index (χ2n) is 6.74. The summed E-state index contributed by atoms with van der Waals surface area (Å²) >= 11 is 0. The van der Waals surface area contributed by atoms with Gasteiger partial charge in [0.05, 0.1) is 29.6 Å². The van der Waals surface area contributed by atoms with E-state index in [1.165, 1.54) is 17.7 Å². The number of rotatable bonds is 5. The van der Waals surface area contributed by atoms with E-state index in [4.69, 9.17) is 9.90 Å². The first-order chi connectivity index (χ1) is 14.3. The van der Waals surface area contributed by atoms with Crippen LogP contribution < -0.4 is 5.32 Å². The Labute approximate surface area is 169 Å². The van der Waals surface area contributed by atoms with Crippen molar-refractivity contribution < 1.29 is 27.9 Å². The van der Waals surface area contributed by atoms with E-state index in [-0.39, 0.29) is 5.91 Å². The van der Waals surface area contributed by atoms with Gasteiger partial charge in [-0.2, -0.15) is 18.3 Å². The number of fused-ring (bicyclic) bond motifs is 2. The number of benzene rings is 1. The van der Waals surface area contributed by atoms with Crippen molar-refractivity contribution in [3.63, 3.8) is 0 Å². The van der Waals surface area contributed by atoms with Crippen molar-refractivity contribution in [3.8, 4) is 0 Å². The maximum absolute atomic E-state index is 12.1. The number of nitrogens with zero attached hydrogens (tertiary/aromatic N) is 3. The van der Waals surface area contributed by atoms with E-state index in [2.05, 4.69) is 20.5 Å². The number of halogens is 3. The lowest BCUT2D eigenvalue weighted by molar-refractivity contribution is -0.192. The summed E-state index contributed by atoms with van der Waals surface area (Å²) in [5.41, 5.74) is 5.54. The smallest absolute Gasteiger partial charge is 0.475 e. The Morgan fingerprint density at radius 3 is 2.70 bits per heavy atom. The molecule has 160 valence electrons. The van der Waals surface area contributed by atoms with Crippen molar-refractivity contribution >= 4 is 22.9 Å². The van der Waals surface area contributed by atoms with Crippen molar-refractivity contribution in [2.24, 2.45) is 0 Å². The van der Waals surface area contributed by atoms with Crippen LogP contribution in [0.1, 0.15) is 29.8 Å². The van der Waals surface area contributed by atoms with Gasteiger partial charge in [0, 0.05) is 18.7 Å². The number of alkyl halides is 3. The highest BCUT2D eigenvalue weighted by Gasteiger charge is 2.38. The number of H-pyrrole nitrogens is 1. The van der Waals surface area contributed by atoms with Crippen LogP contribution in [0.25, 0.3) is 11.0 Å². The van der Waals surface area contributed by atoms with Crippen LogP contribution in [0.2, 0.25) is 0 Å². The molecule has 0 radical (unpaired) electrons. The maximum Gasteiger partial charge on any atom is 0.490 e. The van der Waals surface area contributed by atoms with Crippen molar-refractivity contribution in [1.82, 2.24) is 25.1 Å². The molecule has 1 amide bonds. The number of hydrogen-bond donors (Lipinski definition) is 3. The van der Waals surface area contributed by atoms with Gasteiger partial charge in [0.15, 0.2) is 0 Å². The minimum absolute atomic E-state index is 0.0394. The number of para-hydroxylation sites is 2. The molecule has 11 heteroatoms. The number of carbonyl (C=O) groups is 2. The SMILES string of the molecule is O=C(CCn1cnc2ccccc21)NCc1n[nH]c2c1CCC2.O=C(O)C(F)(F)F. The first-order valence-corrected chi connectivity index (χ1v) is 9.27. The number of imidazole rings is 1. The molecule has 1 aliphatic carbocycles. The summed E-state index contributed by atoms with van der Waals surface area (Å²) in [6, 6.07) is 7.95. The standard InChI is InChI=1S/C17H19N5O.C2HF3O2/c23-17(18-10-15-12-4-3-6-13(12)20-21-15)8-9-22-11-19-14-5-1-2-7-16(14)22;3-2(4,5)1(6)7/h1-2,5,7,11H,3-4,6,8-10H2,(H,18,23)(H,20,21);(H,6,7). The summed E-state index contributed by atoms with van der Waals surface area (Å²) < 4.78 is 33.8. The van der Waals surface area contributed by atoms with E-state index in [0.717, 1.165) is 29.6 Å². The maximum atomic E-state index is 12.1. The molecule has 4 rings (SSSR count). The van der Waals surface area contributed by atoms with Gasteiger partial charge in [-0.05, 0) is 37.0 Å². The summed E-state index contributed by atoms with van der Waals surface area (Å²) in [5.74, 6) is -2.72. The second kappa shape index (κ2) is 8.97. The fraction of sp³-hybridized carbons (Fsp3) is 0.368. The van der Waals surface area contributed by atoms with Gasteiger partial charge in [-0.1, -0.05) is 12.1 Å². The van der Waals surface area contributed by atoms with Crippen LogP contribution in [0.3, 0.4) is 0 Å². The highest BCUT2D eigenvalue weighted by Crippen LogP contribution is 2.22. The van der Waals surface area contributed by atoms with E-state index in [9.17, 15) is 18.0 Å². The number of aliphatic carboxylic acids is 1. The molecule has 0 bridgehead atoms. The lowest BCUT2D eigenvalue weighted by Crippen LogP contribution is -2.24. The molecule has 2 heterocycles. The lowest BCUT2D eigenvalue weighted by atomic mass is 10.2. The molecular weight excluding hydrogens is 403 g/mol. The molecule has 2 aromatic heterocycles. The van der Waals surface area contributed by atoms with Crippen molar-refractivity contribution in [3.05, 3.63) is 47.5 Å². The molecule has 0 atom stereocenters. The summed E-state index contributed by atoms with van der Waals surface area (Å²) in [6.07, 6.45) is 0.464. The van der Waals surface area contributed by atoms with E-state index in [1.54, 1.807) is 6.33 Å². The lowest BCUT2D eigenvalue weighted by Gasteiger charge is -2.06. The van der Waals surface area contributed by atoms with E-state index in [1.807, 2.05) is 28.8 Å². The fourth-order valence-corrected chi connectivity index (χ4v) is 3.22. The van der Waals surface area contributed by atoms with Crippen LogP contribution in [0.15, 0.2) is 30.6 Å². The minimum atomic E-state index is -5.08. The van der Waals surface area contributed by atoms with Crippen LogP contribution in [-0.2, 0) is 35.5 Å². The monoisotopic (exact) mass is 423 g/mol. The first-order valence-electron chi connectivity index (χ1n) is 9.27. The van der Waals surface area contributed by atoms with Crippen LogP contribution in [-0.4, -0.2) is 42.9 Å². The zero-order chi connectivity index (χ0) is 21.7. The van der Waals surface area contributed by atoms with Gasteiger partial charge in [-0.15, -0.1) is 0 Å². The number of aryl methyl sites for hydroxylation is 2. The second-order valence-corrected chi connectivity index (χ2v) is 6.74. The molecule has 1 aliphatic rings. The number of aromatic amines is 1. The van der Waals surface area contributed by atoms with Gasteiger partial charge in [-0.25, -0.2) is 9.78 Å². The zero-order valence-electron chi connectivity index (χ0n) is 15.9. The number of carbonyl (C=O) groups excluding carboxylic acids is 1. The molecule has 0 saturated carbocycles. The quantitative estimate of drug-likeness (QED) is 0.584. The van der Waals surface area contributed by atoms with Gasteiger partial charge in [0.2, 0.25) is 5.91 Å². The summed E-state index contributed by atoms with van der Waals surface area (Å²) in [6.45, 7) is 1.14. The van der Waals surface area contributed by atoms with Crippen molar-refractivity contribution in [1.29, 1.82) is 0 Å². The summed E-state index contributed by atoms with van der Waals surface area (Å²) in [7, 11) is 0. The van der Waals surface area contributed by atoms with E-state index >= 15 is 0 Å². The molecule has 30 heavy (non-hydrogen) atoms. The molecular formula is C19H20F3N5O3. The predicted molar refractivity (Wildman–Crippen MR) is 101 cm³/mol. The van der Waals surface area contributed by atoms with Crippen molar-refractivity contribution in [2.75, 3.05) is 0 Å². The molecule has 0 aliphatic heterocycles. The Morgan fingerprint density at radius 2 is 1.97 bits per heavy atom. The zero-order valence-corrected chi connectivity index (χ0v) is 15.9. The van der Waals surface area contributed by atoms with Gasteiger partial charge >= 0.3 is 12.1 Å².